The van der Waals surface area contributed by atoms with Gasteiger partial charge in [0.2, 0.25) is 0 Å². The summed E-state index contributed by atoms with van der Waals surface area (Å²) in [6.45, 7) is 3.62. The Balaban J connectivity index is 2.24. The van der Waals surface area contributed by atoms with Gasteiger partial charge in [-0.25, -0.2) is 9.78 Å². The third-order valence-electron chi connectivity index (χ3n) is 4.11. The van der Waals surface area contributed by atoms with Crippen LogP contribution in [-0.2, 0) is 6.18 Å². The maximum atomic E-state index is 12.7. The maximum absolute atomic E-state index is 12.7. The molecule has 0 aliphatic rings. The summed E-state index contributed by atoms with van der Waals surface area (Å²) in [4.78, 5) is 16.2. The van der Waals surface area contributed by atoms with Gasteiger partial charge in [-0.1, -0.05) is 24.3 Å². The predicted octanol–water partition coefficient (Wildman–Crippen LogP) is 5.24. The molecule has 3 nitrogen and oxygen atoms in total. The van der Waals surface area contributed by atoms with Crippen molar-refractivity contribution in [3.05, 3.63) is 64.7 Å². The SMILES string of the molecule is Cc1ccc(C)c2c(C(=O)O)cc(-c3ccc(C(F)(F)F)cc3)nc12. The molecule has 0 unspecified atom stereocenters. The molecule has 0 bridgehead atoms. The summed E-state index contributed by atoms with van der Waals surface area (Å²) < 4.78 is 38.1. The van der Waals surface area contributed by atoms with E-state index >= 15 is 0 Å². The number of alkyl halides is 3. The largest absolute Gasteiger partial charge is 0.478 e. The van der Waals surface area contributed by atoms with Crippen molar-refractivity contribution in [1.29, 1.82) is 0 Å². The second-order valence-corrected chi connectivity index (χ2v) is 5.86. The molecule has 128 valence electrons. The number of nitrogens with zero attached hydrogens (tertiary/aromatic N) is 1. The van der Waals surface area contributed by atoms with Crippen LogP contribution in [0.5, 0.6) is 0 Å². The fraction of sp³-hybridized carbons (Fsp3) is 0.158. The van der Waals surface area contributed by atoms with Crippen LogP contribution < -0.4 is 0 Å². The summed E-state index contributed by atoms with van der Waals surface area (Å²) in [6, 6.07) is 9.59. The lowest BCUT2D eigenvalue weighted by atomic mass is 9.98. The van der Waals surface area contributed by atoms with Crippen molar-refractivity contribution in [2.75, 3.05) is 0 Å². The van der Waals surface area contributed by atoms with Gasteiger partial charge in [-0.15, -0.1) is 0 Å². The summed E-state index contributed by atoms with van der Waals surface area (Å²) in [7, 11) is 0. The first-order chi connectivity index (χ1) is 11.7. The molecule has 0 aliphatic carbocycles. The second kappa shape index (κ2) is 5.88. The average molecular weight is 345 g/mol. The predicted molar refractivity (Wildman–Crippen MR) is 88.6 cm³/mol. The monoisotopic (exact) mass is 345 g/mol. The minimum absolute atomic E-state index is 0.0843. The Morgan fingerprint density at radius 2 is 1.60 bits per heavy atom. The number of aryl methyl sites for hydroxylation is 2. The molecule has 0 amide bonds. The average Bonchev–Trinajstić information content (AvgIpc) is 2.56. The smallest absolute Gasteiger partial charge is 0.416 e. The molecule has 1 aromatic heterocycles. The van der Waals surface area contributed by atoms with E-state index < -0.39 is 17.7 Å². The summed E-state index contributed by atoms with van der Waals surface area (Å²) in [5.41, 5.74) is 2.20. The molecule has 25 heavy (non-hydrogen) atoms. The molecular formula is C19H14F3NO2. The molecule has 2 aromatic carbocycles. The van der Waals surface area contributed by atoms with Crippen LogP contribution >= 0.6 is 0 Å². The number of rotatable bonds is 2. The first kappa shape index (κ1) is 17.0. The van der Waals surface area contributed by atoms with Gasteiger partial charge in [-0.2, -0.15) is 13.2 Å². The Labute approximate surface area is 141 Å². The number of pyridine rings is 1. The first-order valence-electron chi connectivity index (χ1n) is 7.50. The molecule has 0 fully saturated rings. The highest BCUT2D eigenvalue weighted by Crippen LogP contribution is 2.32. The van der Waals surface area contributed by atoms with Crippen molar-refractivity contribution in [3.8, 4) is 11.3 Å². The number of aromatic carboxylic acids is 1. The molecule has 0 spiro atoms. The highest BCUT2D eigenvalue weighted by Gasteiger charge is 2.30. The number of carboxylic acids is 1. The van der Waals surface area contributed by atoms with Crippen LogP contribution in [0.4, 0.5) is 13.2 Å². The zero-order chi connectivity index (χ0) is 18.4. The number of hydrogen-bond donors (Lipinski definition) is 1. The lowest BCUT2D eigenvalue weighted by Gasteiger charge is -2.12. The Hall–Kier alpha value is -2.89. The molecule has 3 rings (SSSR count). The van der Waals surface area contributed by atoms with Gasteiger partial charge in [0.15, 0.2) is 0 Å². The minimum atomic E-state index is -4.42. The Kier molecular flexibility index (Phi) is 3.99. The molecule has 0 radical (unpaired) electrons. The molecule has 6 heteroatoms. The normalized spacial score (nSPS) is 11.7. The molecule has 0 atom stereocenters. The van der Waals surface area contributed by atoms with Gasteiger partial charge < -0.3 is 5.11 Å². The Morgan fingerprint density at radius 3 is 2.16 bits per heavy atom. The van der Waals surface area contributed by atoms with Crippen LogP contribution in [-0.4, -0.2) is 16.1 Å². The molecule has 0 aliphatic heterocycles. The summed E-state index contributed by atoms with van der Waals surface area (Å²) >= 11 is 0. The van der Waals surface area contributed by atoms with Crippen molar-refractivity contribution in [1.82, 2.24) is 4.98 Å². The van der Waals surface area contributed by atoms with E-state index in [2.05, 4.69) is 4.98 Å². The Morgan fingerprint density at radius 1 is 1.00 bits per heavy atom. The van der Waals surface area contributed by atoms with Crippen LogP contribution in [0.2, 0.25) is 0 Å². The summed E-state index contributed by atoms with van der Waals surface area (Å²) in [5.74, 6) is -1.10. The topological polar surface area (TPSA) is 50.2 Å². The van der Waals surface area contributed by atoms with Crippen molar-refractivity contribution < 1.29 is 23.1 Å². The number of fused-ring (bicyclic) bond motifs is 1. The van der Waals surface area contributed by atoms with Crippen LogP contribution in [0, 0.1) is 13.8 Å². The molecule has 1 N–H and O–H groups in total. The van der Waals surface area contributed by atoms with Gasteiger partial charge in [-0.3, -0.25) is 0 Å². The van der Waals surface area contributed by atoms with Crippen molar-refractivity contribution in [2.45, 2.75) is 20.0 Å². The van der Waals surface area contributed by atoms with Gasteiger partial charge in [-0.05, 0) is 43.2 Å². The lowest BCUT2D eigenvalue weighted by molar-refractivity contribution is -0.137. The van der Waals surface area contributed by atoms with E-state index in [4.69, 9.17) is 0 Å². The highest BCUT2D eigenvalue weighted by molar-refractivity contribution is 6.05. The number of benzene rings is 2. The Bertz CT molecular complexity index is 977. The third kappa shape index (κ3) is 3.07. The molecule has 0 saturated carbocycles. The van der Waals surface area contributed by atoms with Crippen molar-refractivity contribution in [3.63, 3.8) is 0 Å². The standard InChI is InChI=1S/C19H14F3NO2/c1-10-3-4-11(2)17-16(10)14(18(24)25)9-15(23-17)12-5-7-13(8-6-12)19(20,21)22/h3-9H,1-2H3,(H,24,25). The number of aromatic nitrogens is 1. The highest BCUT2D eigenvalue weighted by atomic mass is 19.4. The summed E-state index contributed by atoms with van der Waals surface area (Å²) in [6.07, 6.45) is -4.42. The van der Waals surface area contributed by atoms with Crippen LogP contribution in [0.15, 0.2) is 42.5 Å². The van der Waals surface area contributed by atoms with Crippen molar-refractivity contribution in [2.24, 2.45) is 0 Å². The summed E-state index contributed by atoms with van der Waals surface area (Å²) in [5, 5.41) is 10.1. The third-order valence-corrected chi connectivity index (χ3v) is 4.11. The number of carboxylic acid groups (broad SMARTS) is 1. The fourth-order valence-electron chi connectivity index (χ4n) is 2.79. The number of hydrogen-bond acceptors (Lipinski definition) is 2. The zero-order valence-electron chi connectivity index (χ0n) is 13.5. The number of carbonyl (C=O) groups is 1. The van der Waals surface area contributed by atoms with E-state index in [1.165, 1.54) is 18.2 Å². The van der Waals surface area contributed by atoms with E-state index in [1.54, 1.807) is 6.92 Å². The molecule has 1 heterocycles. The maximum Gasteiger partial charge on any atom is 0.416 e. The van der Waals surface area contributed by atoms with Crippen LogP contribution in [0.25, 0.3) is 22.2 Å². The minimum Gasteiger partial charge on any atom is -0.478 e. The van der Waals surface area contributed by atoms with Crippen molar-refractivity contribution >= 4 is 16.9 Å². The van der Waals surface area contributed by atoms with Gasteiger partial charge >= 0.3 is 12.1 Å². The lowest BCUT2D eigenvalue weighted by Crippen LogP contribution is -2.05. The van der Waals surface area contributed by atoms with Gasteiger partial charge in [0, 0.05) is 10.9 Å². The van der Waals surface area contributed by atoms with Gasteiger partial charge in [0.25, 0.3) is 0 Å². The molecule has 0 saturated heterocycles. The van der Waals surface area contributed by atoms with E-state index in [0.717, 1.165) is 23.3 Å². The van der Waals surface area contributed by atoms with E-state index in [0.29, 0.717) is 22.2 Å². The van der Waals surface area contributed by atoms with E-state index in [9.17, 15) is 23.1 Å². The van der Waals surface area contributed by atoms with Crippen LogP contribution in [0.3, 0.4) is 0 Å². The first-order valence-corrected chi connectivity index (χ1v) is 7.50. The van der Waals surface area contributed by atoms with Crippen LogP contribution in [0.1, 0.15) is 27.0 Å². The molecular weight excluding hydrogens is 331 g/mol. The van der Waals surface area contributed by atoms with E-state index in [-0.39, 0.29) is 5.56 Å². The molecule has 3 aromatic rings. The zero-order valence-corrected chi connectivity index (χ0v) is 13.5. The van der Waals surface area contributed by atoms with E-state index in [1.807, 2.05) is 19.1 Å². The van der Waals surface area contributed by atoms with Gasteiger partial charge in [0.1, 0.15) is 0 Å². The second-order valence-electron chi connectivity index (χ2n) is 5.86. The fourth-order valence-corrected chi connectivity index (χ4v) is 2.79. The van der Waals surface area contributed by atoms with Gasteiger partial charge in [0.05, 0.1) is 22.3 Å². The number of halogens is 3. The quantitative estimate of drug-likeness (QED) is 0.691.